The number of rotatable bonds is 1. The number of carbonyl (C=O) groups is 1. The predicted molar refractivity (Wildman–Crippen MR) is 104 cm³/mol. The molecule has 2 atom stereocenters. The molecule has 4 heterocycles. The zero-order valence-electron chi connectivity index (χ0n) is 16.0. The van der Waals surface area contributed by atoms with Crippen LogP contribution in [0.1, 0.15) is 42.9 Å². The number of carbonyl (C=O) groups excluding carboxylic acids is 1. The molecular formula is C22H25FN4O. The van der Waals surface area contributed by atoms with Crippen molar-refractivity contribution in [2.45, 2.75) is 44.1 Å². The Balaban J connectivity index is 1.43. The smallest absolute Gasteiger partial charge is 0.318 e. The average Bonchev–Trinajstić information content (AvgIpc) is 3.49. The molecular weight excluding hydrogens is 355 g/mol. The van der Waals surface area contributed by atoms with E-state index in [2.05, 4.69) is 9.80 Å². The van der Waals surface area contributed by atoms with Crippen LogP contribution < -0.4 is 0 Å². The Morgan fingerprint density at radius 3 is 2.61 bits per heavy atom. The van der Waals surface area contributed by atoms with E-state index in [0.29, 0.717) is 17.9 Å². The molecule has 1 aromatic carbocycles. The first-order valence-corrected chi connectivity index (χ1v) is 10.6. The molecule has 3 aliphatic heterocycles. The molecule has 6 heteroatoms. The molecule has 2 unspecified atom stereocenters. The van der Waals surface area contributed by atoms with Gasteiger partial charge in [-0.2, -0.15) is 9.78 Å². The Bertz CT molecular complexity index is 929. The van der Waals surface area contributed by atoms with E-state index < -0.39 is 0 Å². The van der Waals surface area contributed by atoms with Crippen LogP contribution >= 0.6 is 0 Å². The average molecular weight is 380 g/mol. The first-order valence-electron chi connectivity index (χ1n) is 10.6. The maximum atomic E-state index is 13.6. The quantitative estimate of drug-likeness (QED) is 0.761. The molecule has 5 aliphatic rings. The number of aromatic nitrogens is 2. The van der Waals surface area contributed by atoms with Crippen LogP contribution in [-0.4, -0.2) is 57.8 Å². The van der Waals surface area contributed by atoms with Gasteiger partial charge in [-0.1, -0.05) is 0 Å². The van der Waals surface area contributed by atoms with Gasteiger partial charge in [0.15, 0.2) is 0 Å². The molecule has 0 N–H and O–H groups in total. The number of hydrogen-bond acceptors (Lipinski definition) is 3. The Labute approximate surface area is 164 Å². The molecule has 4 fully saturated rings. The van der Waals surface area contributed by atoms with Gasteiger partial charge in [0.05, 0.1) is 11.4 Å². The van der Waals surface area contributed by atoms with Crippen molar-refractivity contribution in [2.24, 2.45) is 5.92 Å². The lowest BCUT2D eigenvalue weighted by atomic mass is 9.93. The molecule has 3 saturated heterocycles. The largest absolute Gasteiger partial charge is 0.345 e. The third kappa shape index (κ3) is 2.54. The molecule has 0 spiro atoms. The maximum absolute atomic E-state index is 13.6. The molecule has 2 aliphatic carbocycles. The highest BCUT2D eigenvalue weighted by molar-refractivity contribution is 5.80. The van der Waals surface area contributed by atoms with Gasteiger partial charge in [0.2, 0.25) is 0 Å². The SMILES string of the molecule is O=C(N1CCN2CCC1CC2)n1nc(-c2ccc(F)cc2)c2c1C1CC1CC2. The molecule has 0 radical (unpaired) electrons. The monoisotopic (exact) mass is 380 g/mol. The standard InChI is InChI=1S/C22H25FN4O/c23-16-4-1-14(2-5-16)20-18-6-3-15-13-19(15)21(18)27(24-20)22(28)26-12-11-25-9-7-17(26)8-10-25/h1-2,4-5,15,17,19H,3,6-13H2. The van der Waals surface area contributed by atoms with Gasteiger partial charge in [0.25, 0.3) is 0 Å². The number of hydrogen-bond donors (Lipinski definition) is 0. The van der Waals surface area contributed by atoms with E-state index >= 15 is 0 Å². The van der Waals surface area contributed by atoms with Crippen LogP contribution in [0.4, 0.5) is 9.18 Å². The van der Waals surface area contributed by atoms with Gasteiger partial charge in [-0.15, -0.1) is 0 Å². The maximum Gasteiger partial charge on any atom is 0.345 e. The zero-order chi connectivity index (χ0) is 18.8. The Morgan fingerprint density at radius 1 is 1.04 bits per heavy atom. The van der Waals surface area contributed by atoms with Crippen molar-refractivity contribution < 1.29 is 9.18 Å². The molecule has 28 heavy (non-hydrogen) atoms. The number of fused-ring (bicyclic) bond motifs is 7. The summed E-state index contributed by atoms with van der Waals surface area (Å²) < 4.78 is 15.1. The van der Waals surface area contributed by atoms with Crippen LogP contribution in [0.15, 0.2) is 24.3 Å². The second kappa shape index (κ2) is 6.14. The van der Waals surface area contributed by atoms with E-state index in [4.69, 9.17) is 5.10 Å². The topological polar surface area (TPSA) is 41.4 Å². The van der Waals surface area contributed by atoms with E-state index in [-0.39, 0.29) is 11.8 Å². The van der Waals surface area contributed by atoms with Gasteiger partial charge in [-0.25, -0.2) is 9.18 Å². The lowest BCUT2D eigenvalue weighted by Crippen LogP contribution is -2.44. The number of nitrogens with zero attached hydrogens (tertiary/aromatic N) is 4. The number of halogens is 1. The fourth-order valence-corrected chi connectivity index (χ4v) is 5.57. The Hall–Kier alpha value is -2.21. The summed E-state index contributed by atoms with van der Waals surface area (Å²) >= 11 is 0. The van der Waals surface area contributed by atoms with Crippen molar-refractivity contribution in [3.63, 3.8) is 0 Å². The van der Waals surface area contributed by atoms with Crippen LogP contribution in [0.5, 0.6) is 0 Å². The van der Waals surface area contributed by atoms with Gasteiger partial charge in [-0.3, -0.25) is 0 Å². The predicted octanol–water partition coefficient (Wildman–Crippen LogP) is 3.49. The summed E-state index contributed by atoms with van der Waals surface area (Å²) in [7, 11) is 0. The minimum atomic E-state index is -0.245. The van der Waals surface area contributed by atoms with Crippen molar-refractivity contribution in [1.82, 2.24) is 19.6 Å². The molecule has 146 valence electrons. The second-order valence-corrected chi connectivity index (χ2v) is 8.82. The number of piperidine rings is 1. The van der Waals surface area contributed by atoms with Crippen LogP contribution in [0, 0.1) is 11.7 Å². The zero-order valence-corrected chi connectivity index (χ0v) is 16.0. The Kier molecular flexibility index (Phi) is 3.67. The summed E-state index contributed by atoms with van der Waals surface area (Å²) in [6.07, 6.45) is 5.44. The fraction of sp³-hybridized carbons (Fsp3) is 0.545. The first kappa shape index (κ1) is 16.7. The van der Waals surface area contributed by atoms with Gasteiger partial charge in [-0.05, 0) is 62.3 Å². The van der Waals surface area contributed by atoms with E-state index in [1.165, 1.54) is 30.5 Å². The van der Waals surface area contributed by atoms with Gasteiger partial charge in [0, 0.05) is 49.3 Å². The lowest BCUT2D eigenvalue weighted by molar-refractivity contribution is 0.168. The van der Waals surface area contributed by atoms with E-state index in [1.807, 2.05) is 0 Å². The molecule has 2 bridgehead atoms. The highest BCUT2D eigenvalue weighted by Gasteiger charge is 2.47. The first-order chi connectivity index (χ1) is 13.7. The summed E-state index contributed by atoms with van der Waals surface area (Å²) in [5.74, 6) is 0.940. The molecule has 1 aromatic heterocycles. The van der Waals surface area contributed by atoms with Crippen molar-refractivity contribution >= 4 is 6.03 Å². The lowest BCUT2D eigenvalue weighted by Gasteiger charge is -2.31. The number of amides is 1. The highest BCUT2D eigenvalue weighted by atomic mass is 19.1. The van der Waals surface area contributed by atoms with Crippen LogP contribution in [0.25, 0.3) is 11.3 Å². The normalized spacial score (nSPS) is 30.5. The second-order valence-electron chi connectivity index (χ2n) is 8.82. The van der Waals surface area contributed by atoms with E-state index in [0.717, 1.165) is 62.4 Å². The Morgan fingerprint density at radius 2 is 1.82 bits per heavy atom. The van der Waals surface area contributed by atoms with Crippen LogP contribution in [-0.2, 0) is 6.42 Å². The van der Waals surface area contributed by atoms with Crippen molar-refractivity contribution in [1.29, 1.82) is 0 Å². The molecule has 5 nitrogen and oxygen atoms in total. The number of benzene rings is 1. The van der Waals surface area contributed by atoms with Crippen LogP contribution in [0.2, 0.25) is 0 Å². The molecule has 1 saturated carbocycles. The fourth-order valence-electron chi connectivity index (χ4n) is 5.57. The third-order valence-electron chi connectivity index (χ3n) is 7.26. The van der Waals surface area contributed by atoms with Crippen molar-refractivity contribution in [3.05, 3.63) is 41.3 Å². The van der Waals surface area contributed by atoms with Crippen molar-refractivity contribution in [3.8, 4) is 11.3 Å². The minimum Gasteiger partial charge on any atom is -0.318 e. The summed E-state index contributed by atoms with van der Waals surface area (Å²) in [5.41, 5.74) is 4.13. The summed E-state index contributed by atoms with van der Waals surface area (Å²) in [6, 6.07) is 6.91. The molecule has 7 rings (SSSR count). The summed E-state index contributed by atoms with van der Waals surface area (Å²) in [4.78, 5) is 18.2. The van der Waals surface area contributed by atoms with Crippen molar-refractivity contribution in [2.75, 3.05) is 26.2 Å². The summed E-state index contributed by atoms with van der Waals surface area (Å²) in [6.45, 7) is 3.94. The van der Waals surface area contributed by atoms with E-state index in [9.17, 15) is 9.18 Å². The van der Waals surface area contributed by atoms with Gasteiger partial charge >= 0.3 is 6.03 Å². The molecule has 1 amide bonds. The highest BCUT2D eigenvalue weighted by Crippen LogP contribution is 2.56. The van der Waals surface area contributed by atoms with Gasteiger partial charge in [0.1, 0.15) is 5.82 Å². The third-order valence-corrected chi connectivity index (χ3v) is 7.26. The van der Waals surface area contributed by atoms with E-state index in [1.54, 1.807) is 16.8 Å². The molecule has 2 aromatic rings. The van der Waals surface area contributed by atoms with Gasteiger partial charge < -0.3 is 9.80 Å². The van der Waals surface area contributed by atoms with Crippen LogP contribution in [0.3, 0.4) is 0 Å². The summed E-state index contributed by atoms with van der Waals surface area (Å²) in [5, 5.41) is 4.85. The minimum absolute atomic E-state index is 0.0471.